The van der Waals surface area contributed by atoms with Gasteiger partial charge >= 0.3 is 0 Å². The zero-order valence-electron chi connectivity index (χ0n) is 16.4. The highest BCUT2D eigenvalue weighted by Gasteiger charge is 2.17. The number of nitrogens with zero attached hydrogens (tertiary/aromatic N) is 2. The number of anilines is 3. The van der Waals surface area contributed by atoms with Crippen LogP contribution >= 0.6 is 23.1 Å². The molecule has 0 fully saturated rings. The number of aryl methyl sites for hydroxylation is 3. The summed E-state index contributed by atoms with van der Waals surface area (Å²) in [6.07, 6.45) is 0.982. The number of hydrogen-bond acceptors (Lipinski definition) is 6. The Morgan fingerprint density at radius 1 is 1.07 bits per heavy atom. The summed E-state index contributed by atoms with van der Waals surface area (Å²) in [7, 11) is 0. The van der Waals surface area contributed by atoms with Crippen LogP contribution in [0.3, 0.4) is 0 Å². The minimum absolute atomic E-state index is 0.0480. The summed E-state index contributed by atoms with van der Waals surface area (Å²) in [4.78, 5) is 12.4. The molecule has 3 aromatic rings. The lowest BCUT2D eigenvalue weighted by Crippen LogP contribution is -2.22. The highest BCUT2D eigenvalue weighted by Crippen LogP contribution is 2.31. The summed E-state index contributed by atoms with van der Waals surface area (Å²) in [5.41, 5.74) is 5.52. The lowest BCUT2D eigenvalue weighted by molar-refractivity contribution is -0.115. The molecule has 0 saturated heterocycles. The zero-order chi connectivity index (χ0) is 20.1. The average Bonchev–Trinajstić information content (AvgIpc) is 3.12. The highest BCUT2D eigenvalue weighted by molar-refractivity contribution is 8.02. The van der Waals surface area contributed by atoms with Crippen molar-refractivity contribution in [2.75, 3.05) is 10.6 Å². The van der Waals surface area contributed by atoms with E-state index in [-0.39, 0.29) is 11.2 Å². The third kappa shape index (κ3) is 5.33. The molecule has 2 aromatic carbocycles. The third-order valence-corrected chi connectivity index (χ3v) is 6.46. The van der Waals surface area contributed by atoms with Gasteiger partial charge in [-0.25, -0.2) is 0 Å². The second-order valence-electron chi connectivity index (χ2n) is 6.60. The molecule has 1 atom stereocenters. The molecule has 0 unspecified atom stereocenters. The molecule has 0 aliphatic carbocycles. The van der Waals surface area contributed by atoms with Crippen LogP contribution in [0.25, 0.3) is 0 Å². The van der Waals surface area contributed by atoms with Crippen LogP contribution in [-0.4, -0.2) is 21.4 Å². The predicted molar refractivity (Wildman–Crippen MR) is 119 cm³/mol. The van der Waals surface area contributed by atoms with Gasteiger partial charge in [-0.3, -0.25) is 4.79 Å². The van der Waals surface area contributed by atoms with Crippen LogP contribution in [0, 0.1) is 13.8 Å². The fraction of sp³-hybridized carbons (Fsp3) is 0.286. The molecule has 1 heterocycles. The van der Waals surface area contributed by atoms with Crippen molar-refractivity contribution in [3.8, 4) is 0 Å². The Bertz CT molecular complexity index is 953. The van der Waals surface area contributed by atoms with E-state index in [4.69, 9.17) is 0 Å². The van der Waals surface area contributed by atoms with Gasteiger partial charge < -0.3 is 10.6 Å². The van der Waals surface area contributed by atoms with Gasteiger partial charge in [-0.1, -0.05) is 48.2 Å². The third-order valence-electron chi connectivity index (χ3n) is 4.44. The van der Waals surface area contributed by atoms with Crippen LogP contribution in [0.15, 0.2) is 46.8 Å². The Hall–Kier alpha value is -2.38. The average molecular weight is 413 g/mol. The van der Waals surface area contributed by atoms with Crippen molar-refractivity contribution in [1.82, 2.24) is 10.2 Å². The number of carbonyl (C=O) groups excluding carboxylic acids is 1. The van der Waals surface area contributed by atoms with Crippen LogP contribution in [0.2, 0.25) is 0 Å². The topological polar surface area (TPSA) is 66.9 Å². The highest BCUT2D eigenvalue weighted by atomic mass is 32.2. The van der Waals surface area contributed by atoms with Crippen LogP contribution in [-0.2, 0) is 11.2 Å². The summed E-state index contributed by atoms with van der Waals surface area (Å²) in [6.45, 7) is 8.15. The minimum Gasteiger partial charge on any atom is -0.330 e. The van der Waals surface area contributed by atoms with Gasteiger partial charge in [0.05, 0.1) is 5.25 Å². The van der Waals surface area contributed by atoms with E-state index >= 15 is 0 Å². The van der Waals surface area contributed by atoms with Crippen LogP contribution in [0.1, 0.15) is 30.5 Å². The number of rotatable bonds is 7. The van der Waals surface area contributed by atoms with E-state index in [0.717, 1.165) is 22.1 Å². The largest absolute Gasteiger partial charge is 0.330 e. The summed E-state index contributed by atoms with van der Waals surface area (Å²) < 4.78 is 0.760. The Morgan fingerprint density at radius 2 is 1.79 bits per heavy atom. The molecule has 0 spiro atoms. The first-order valence-corrected chi connectivity index (χ1v) is 10.9. The number of hydrogen-bond donors (Lipinski definition) is 2. The summed E-state index contributed by atoms with van der Waals surface area (Å²) in [5, 5.41) is 15.1. The van der Waals surface area contributed by atoms with E-state index < -0.39 is 0 Å². The lowest BCUT2D eigenvalue weighted by atomic mass is 10.1. The fourth-order valence-corrected chi connectivity index (χ4v) is 4.44. The maximum absolute atomic E-state index is 12.4. The Kier molecular flexibility index (Phi) is 6.70. The second-order valence-corrected chi connectivity index (χ2v) is 9.16. The molecule has 5 nitrogen and oxygen atoms in total. The summed E-state index contributed by atoms with van der Waals surface area (Å²) >= 11 is 2.85. The van der Waals surface area contributed by atoms with Crippen molar-refractivity contribution >= 4 is 45.5 Å². The van der Waals surface area contributed by atoms with E-state index in [2.05, 4.69) is 53.7 Å². The number of amides is 1. The predicted octanol–water partition coefficient (Wildman–Crippen LogP) is 5.58. The molecule has 28 heavy (non-hydrogen) atoms. The molecular weight excluding hydrogens is 388 g/mol. The van der Waals surface area contributed by atoms with Crippen molar-refractivity contribution < 1.29 is 4.79 Å². The zero-order valence-corrected chi connectivity index (χ0v) is 18.1. The normalized spacial score (nSPS) is 11.9. The monoisotopic (exact) mass is 412 g/mol. The maximum Gasteiger partial charge on any atom is 0.237 e. The van der Waals surface area contributed by atoms with Crippen molar-refractivity contribution in [3.63, 3.8) is 0 Å². The van der Waals surface area contributed by atoms with Crippen molar-refractivity contribution in [3.05, 3.63) is 59.2 Å². The van der Waals surface area contributed by atoms with Gasteiger partial charge in [0.15, 0.2) is 4.34 Å². The fourth-order valence-electron chi connectivity index (χ4n) is 2.52. The summed E-state index contributed by atoms with van der Waals surface area (Å²) in [5.74, 6) is -0.0480. The summed E-state index contributed by atoms with van der Waals surface area (Å²) in [6, 6.07) is 14.1. The number of nitrogens with one attached hydrogen (secondary N) is 2. The SMILES string of the molecule is CCc1ccc(NC(=O)[C@H](C)Sc2nnc(Nc3ccc(C)c(C)c3)s2)cc1. The first-order chi connectivity index (χ1) is 13.4. The van der Waals surface area contributed by atoms with Crippen LogP contribution in [0.5, 0.6) is 0 Å². The Balaban J connectivity index is 1.57. The molecule has 0 aliphatic heterocycles. The number of benzene rings is 2. The van der Waals surface area contributed by atoms with Crippen molar-refractivity contribution in [1.29, 1.82) is 0 Å². The smallest absolute Gasteiger partial charge is 0.237 e. The molecule has 2 N–H and O–H groups in total. The van der Waals surface area contributed by atoms with E-state index in [0.29, 0.717) is 5.13 Å². The number of carbonyl (C=O) groups is 1. The van der Waals surface area contributed by atoms with E-state index in [1.807, 2.05) is 37.3 Å². The van der Waals surface area contributed by atoms with Gasteiger partial charge in [0.2, 0.25) is 11.0 Å². The Labute approximate surface area is 174 Å². The second kappa shape index (κ2) is 9.21. The molecule has 1 aromatic heterocycles. The van der Waals surface area contributed by atoms with Gasteiger partial charge in [0, 0.05) is 11.4 Å². The maximum atomic E-state index is 12.4. The standard InChI is InChI=1S/C21H24N4OS2/c1-5-16-7-10-17(11-8-16)22-19(26)15(4)27-21-25-24-20(28-21)23-18-9-6-13(2)14(3)12-18/h6-12,15H,5H2,1-4H3,(H,22,26)(H,23,24)/t15-/m0/s1. The van der Waals surface area contributed by atoms with Crippen molar-refractivity contribution in [2.45, 2.75) is 43.7 Å². The van der Waals surface area contributed by atoms with Crippen LogP contribution < -0.4 is 10.6 Å². The van der Waals surface area contributed by atoms with E-state index in [9.17, 15) is 4.79 Å². The molecule has 146 valence electrons. The molecule has 0 bridgehead atoms. The van der Waals surface area contributed by atoms with Gasteiger partial charge in [0.1, 0.15) is 0 Å². The lowest BCUT2D eigenvalue weighted by Gasteiger charge is -2.10. The first kappa shape index (κ1) is 20.4. The Morgan fingerprint density at radius 3 is 2.46 bits per heavy atom. The molecule has 0 radical (unpaired) electrons. The van der Waals surface area contributed by atoms with Gasteiger partial charge in [0.25, 0.3) is 0 Å². The van der Waals surface area contributed by atoms with Crippen molar-refractivity contribution in [2.24, 2.45) is 0 Å². The molecule has 1 amide bonds. The van der Waals surface area contributed by atoms with Gasteiger partial charge in [-0.05, 0) is 68.1 Å². The molecule has 7 heteroatoms. The van der Waals surface area contributed by atoms with E-state index in [1.165, 1.54) is 39.8 Å². The molecular formula is C21H24N4OS2. The number of aromatic nitrogens is 2. The quantitative estimate of drug-likeness (QED) is 0.496. The molecule has 3 rings (SSSR count). The van der Waals surface area contributed by atoms with E-state index in [1.54, 1.807) is 0 Å². The molecule has 0 saturated carbocycles. The molecule has 0 aliphatic rings. The minimum atomic E-state index is -0.270. The van der Waals surface area contributed by atoms with Gasteiger partial charge in [-0.2, -0.15) is 0 Å². The van der Waals surface area contributed by atoms with Gasteiger partial charge in [-0.15, -0.1) is 10.2 Å². The number of thioether (sulfide) groups is 1. The first-order valence-electron chi connectivity index (χ1n) is 9.19. The van der Waals surface area contributed by atoms with Crippen LogP contribution in [0.4, 0.5) is 16.5 Å².